The fourth-order valence-electron chi connectivity index (χ4n) is 0.541. The molecule has 0 N–H and O–H groups in total. The molecular formula is C4H3ClN2O3. The van der Waals surface area contributed by atoms with Gasteiger partial charge in [0.15, 0.2) is 5.69 Å². The summed E-state index contributed by atoms with van der Waals surface area (Å²) in [7, 11) is 0. The Bertz CT molecular complexity index is 250. The maximum Gasteiger partial charge on any atom is 0.350 e. The summed E-state index contributed by atoms with van der Waals surface area (Å²) in [5.41, 5.74) is -0.0725. The van der Waals surface area contributed by atoms with E-state index in [0.29, 0.717) is 0 Å². The molecule has 0 unspecified atom stereocenters. The third-order valence-corrected chi connectivity index (χ3v) is 1.22. The van der Waals surface area contributed by atoms with Crippen LogP contribution in [0.5, 0.6) is 0 Å². The summed E-state index contributed by atoms with van der Waals surface area (Å²) in [4.78, 5) is 9.49. The Hall–Kier alpha value is -1.10. The van der Waals surface area contributed by atoms with Gasteiger partial charge in [-0.25, -0.2) is 0 Å². The predicted molar refractivity (Wildman–Crippen MR) is 32.9 cm³/mol. The molecule has 0 aliphatic rings. The van der Waals surface area contributed by atoms with Crippen LogP contribution in [0.2, 0.25) is 5.22 Å². The molecule has 6 heteroatoms. The van der Waals surface area contributed by atoms with E-state index in [-0.39, 0.29) is 16.6 Å². The summed E-state index contributed by atoms with van der Waals surface area (Å²) in [6.07, 6.45) is 0. The first-order valence-electron chi connectivity index (χ1n) is 2.39. The topological polar surface area (TPSA) is 69.2 Å². The Morgan fingerprint density at radius 3 is 2.60 bits per heavy atom. The first kappa shape index (κ1) is 7.01. The Kier molecular flexibility index (Phi) is 1.58. The minimum Gasteiger partial charge on any atom is -0.336 e. The van der Waals surface area contributed by atoms with Gasteiger partial charge in [0, 0.05) is 0 Å². The van der Waals surface area contributed by atoms with Crippen molar-refractivity contribution >= 4 is 17.3 Å². The van der Waals surface area contributed by atoms with Crippen LogP contribution in [0, 0.1) is 17.0 Å². The largest absolute Gasteiger partial charge is 0.350 e. The second kappa shape index (κ2) is 2.26. The number of hydrogen-bond donors (Lipinski definition) is 0. The molecule has 0 aliphatic heterocycles. The molecule has 0 amide bonds. The Morgan fingerprint density at radius 2 is 2.40 bits per heavy atom. The number of halogens is 1. The number of aromatic nitrogens is 1. The SMILES string of the molecule is Cc1noc(Cl)c1[N+](=O)[O-]. The van der Waals surface area contributed by atoms with E-state index in [0.717, 1.165) is 0 Å². The normalized spacial score (nSPS) is 9.80. The quantitative estimate of drug-likeness (QED) is 0.464. The average molecular weight is 163 g/mol. The highest BCUT2D eigenvalue weighted by Crippen LogP contribution is 2.26. The fourth-order valence-corrected chi connectivity index (χ4v) is 0.781. The molecule has 0 saturated heterocycles. The monoisotopic (exact) mass is 162 g/mol. The minimum atomic E-state index is -0.631. The van der Waals surface area contributed by atoms with Crippen molar-refractivity contribution in [3.05, 3.63) is 21.0 Å². The third kappa shape index (κ3) is 0.950. The zero-order valence-corrected chi connectivity index (χ0v) is 5.75. The highest BCUT2D eigenvalue weighted by Gasteiger charge is 2.21. The molecule has 0 spiro atoms. The van der Waals surface area contributed by atoms with Gasteiger partial charge in [-0.15, -0.1) is 0 Å². The molecule has 0 bridgehead atoms. The van der Waals surface area contributed by atoms with E-state index in [1.54, 1.807) is 0 Å². The molecule has 10 heavy (non-hydrogen) atoms. The zero-order valence-electron chi connectivity index (χ0n) is 5.00. The van der Waals surface area contributed by atoms with Crippen molar-refractivity contribution in [2.24, 2.45) is 0 Å². The number of nitrogens with zero attached hydrogens (tertiary/aromatic N) is 2. The van der Waals surface area contributed by atoms with E-state index in [2.05, 4.69) is 9.68 Å². The van der Waals surface area contributed by atoms with Crippen LogP contribution < -0.4 is 0 Å². The van der Waals surface area contributed by atoms with Crippen LogP contribution in [0.25, 0.3) is 0 Å². The zero-order chi connectivity index (χ0) is 7.72. The van der Waals surface area contributed by atoms with Crippen molar-refractivity contribution in [2.45, 2.75) is 6.92 Å². The second-order valence-electron chi connectivity index (χ2n) is 1.65. The number of aryl methyl sites for hydroxylation is 1. The molecule has 0 saturated carbocycles. The first-order valence-corrected chi connectivity index (χ1v) is 2.77. The van der Waals surface area contributed by atoms with Gasteiger partial charge in [-0.1, -0.05) is 5.16 Å². The summed E-state index contributed by atoms with van der Waals surface area (Å²) in [6.45, 7) is 1.45. The lowest BCUT2D eigenvalue weighted by Gasteiger charge is -1.82. The van der Waals surface area contributed by atoms with Crippen LogP contribution in [0.3, 0.4) is 0 Å². The molecule has 1 aromatic rings. The van der Waals surface area contributed by atoms with E-state index in [1.807, 2.05) is 0 Å². The van der Waals surface area contributed by atoms with Crippen molar-refractivity contribution in [3.8, 4) is 0 Å². The van der Waals surface area contributed by atoms with E-state index in [4.69, 9.17) is 11.6 Å². The molecule has 0 aliphatic carbocycles. The van der Waals surface area contributed by atoms with Crippen LogP contribution in [-0.2, 0) is 0 Å². The van der Waals surface area contributed by atoms with E-state index in [1.165, 1.54) is 6.92 Å². The molecular weight excluding hydrogens is 160 g/mol. The second-order valence-corrected chi connectivity index (χ2v) is 1.99. The molecule has 0 radical (unpaired) electrons. The molecule has 0 fully saturated rings. The lowest BCUT2D eigenvalue weighted by Crippen LogP contribution is -1.88. The molecule has 0 atom stereocenters. The Morgan fingerprint density at radius 1 is 1.80 bits per heavy atom. The van der Waals surface area contributed by atoms with Gasteiger partial charge in [0.25, 0.3) is 0 Å². The third-order valence-electron chi connectivity index (χ3n) is 0.974. The minimum absolute atomic E-state index is 0.190. The molecule has 5 nitrogen and oxygen atoms in total. The molecule has 0 aromatic carbocycles. The predicted octanol–water partition coefficient (Wildman–Crippen LogP) is 1.54. The van der Waals surface area contributed by atoms with Gasteiger partial charge in [-0.05, 0) is 18.5 Å². The summed E-state index contributed by atoms with van der Waals surface area (Å²) >= 11 is 5.27. The van der Waals surface area contributed by atoms with Crippen LogP contribution in [-0.4, -0.2) is 10.1 Å². The van der Waals surface area contributed by atoms with E-state index in [9.17, 15) is 10.1 Å². The van der Waals surface area contributed by atoms with Gasteiger partial charge >= 0.3 is 10.9 Å². The Balaban J connectivity index is 3.23. The van der Waals surface area contributed by atoms with E-state index >= 15 is 0 Å². The van der Waals surface area contributed by atoms with Crippen LogP contribution in [0.1, 0.15) is 5.69 Å². The summed E-state index contributed by atoms with van der Waals surface area (Å²) < 4.78 is 4.33. The first-order chi connectivity index (χ1) is 4.63. The fraction of sp³-hybridized carbons (Fsp3) is 0.250. The number of rotatable bonds is 1. The summed E-state index contributed by atoms with van der Waals surface area (Å²) in [6, 6.07) is 0. The number of hydrogen-bond acceptors (Lipinski definition) is 4. The highest BCUT2D eigenvalue weighted by atomic mass is 35.5. The van der Waals surface area contributed by atoms with Gasteiger partial charge < -0.3 is 4.52 Å². The maximum absolute atomic E-state index is 10.1. The summed E-state index contributed by atoms with van der Waals surface area (Å²) in [5.74, 6) is 0. The van der Waals surface area contributed by atoms with Gasteiger partial charge in [-0.3, -0.25) is 10.1 Å². The standard InChI is InChI=1S/C4H3ClN2O3/c1-2-3(7(8)9)4(5)10-6-2/h1H3. The van der Waals surface area contributed by atoms with Crippen molar-refractivity contribution in [3.63, 3.8) is 0 Å². The molecule has 1 aromatic heterocycles. The molecule has 1 heterocycles. The lowest BCUT2D eigenvalue weighted by molar-refractivity contribution is -0.385. The summed E-state index contributed by atoms with van der Waals surface area (Å²) in [5, 5.41) is 13.1. The Labute approximate surface area is 60.7 Å². The van der Waals surface area contributed by atoms with Crippen molar-refractivity contribution in [1.29, 1.82) is 0 Å². The van der Waals surface area contributed by atoms with Gasteiger partial charge in [-0.2, -0.15) is 0 Å². The van der Waals surface area contributed by atoms with Crippen LogP contribution in [0.15, 0.2) is 4.52 Å². The smallest absolute Gasteiger partial charge is 0.336 e. The van der Waals surface area contributed by atoms with Gasteiger partial charge in [0.05, 0.1) is 4.92 Å². The van der Waals surface area contributed by atoms with Gasteiger partial charge in [0.2, 0.25) is 0 Å². The van der Waals surface area contributed by atoms with Crippen molar-refractivity contribution < 1.29 is 9.45 Å². The van der Waals surface area contributed by atoms with Gasteiger partial charge in [0.1, 0.15) is 0 Å². The van der Waals surface area contributed by atoms with Crippen molar-refractivity contribution in [1.82, 2.24) is 5.16 Å². The molecule has 54 valence electrons. The average Bonchev–Trinajstić information content (AvgIpc) is 2.11. The van der Waals surface area contributed by atoms with E-state index < -0.39 is 4.92 Å². The maximum atomic E-state index is 10.1. The van der Waals surface area contributed by atoms with Crippen LogP contribution >= 0.6 is 11.6 Å². The van der Waals surface area contributed by atoms with Crippen molar-refractivity contribution in [2.75, 3.05) is 0 Å². The highest BCUT2D eigenvalue weighted by molar-refractivity contribution is 6.30. The lowest BCUT2D eigenvalue weighted by atomic mass is 10.4. The number of nitro groups is 1. The van der Waals surface area contributed by atoms with Crippen LogP contribution in [0.4, 0.5) is 5.69 Å². The molecule has 1 rings (SSSR count).